The molecule has 2 rings (SSSR count). The molecule has 0 atom stereocenters. The maximum Gasteiger partial charge on any atom is 0.254 e. The molecule has 1 aromatic rings. The van der Waals surface area contributed by atoms with E-state index in [1.807, 2.05) is 7.05 Å². The van der Waals surface area contributed by atoms with Gasteiger partial charge in [-0.25, -0.2) is 4.39 Å². The molecular formula is C13H17FN2O2. The molecule has 1 saturated carbocycles. The van der Waals surface area contributed by atoms with Crippen molar-refractivity contribution in [3.63, 3.8) is 0 Å². The van der Waals surface area contributed by atoms with E-state index >= 15 is 0 Å². The minimum atomic E-state index is -0.706. The van der Waals surface area contributed by atoms with Crippen LogP contribution in [0.15, 0.2) is 18.2 Å². The van der Waals surface area contributed by atoms with Crippen LogP contribution < -0.4 is 5.32 Å². The number of hydrogen-bond acceptors (Lipinski definition) is 3. The first-order chi connectivity index (χ1) is 8.58. The molecule has 0 bridgehead atoms. The van der Waals surface area contributed by atoms with Gasteiger partial charge in [-0.3, -0.25) is 4.79 Å². The van der Waals surface area contributed by atoms with Crippen molar-refractivity contribution in [2.24, 2.45) is 0 Å². The Hall–Kier alpha value is -1.62. The van der Waals surface area contributed by atoms with Crippen molar-refractivity contribution >= 4 is 5.91 Å². The molecule has 0 radical (unpaired) electrons. The monoisotopic (exact) mass is 252 g/mol. The van der Waals surface area contributed by atoms with Crippen LogP contribution in [-0.4, -0.2) is 42.1 Å². The Bertz CT molecular complexity index is 447. The predicted molar refractivity (Wildman–Crippen MR) is 66.1 cm³/mol. The van der Waals surface area contributed by atoms with Crippen LogP contribution in [0.2, 0.25) is 0 Å². The Morgan fingerprint density at radius 2 is 2.28 bits per heavy atom. The standard InChI is InChI=1S/C13H17FN2O2/c1-16(9-2-3-9)7-6-15-13(18)11-5-4-10(17)8-12(11)14/h4-5,8-9,17H,2-3,6-7H2,1H3,(H,15,18). The highest BCUT2D eigenvalue weighted by atomic mass is 19.1. The van der Waals surface area contributed by atoms with Crippen LogP contribution in [0, 0.1) is 5.82 Å². The minimum absolute atomic E-state index is 0.0399. The molecule has 5 heteroatoms. The van der Waals surface area contributed by atoms with Crippen LogP contribution in [0.4, 0.5) is 4.39 Å². The van der Waals surface area contributed by atoms with Gasteiger partial charge in [0, 0.05) is 25.2 Å². The van der Waals surface area contributed by atoms with Crippen LogP contribution >= 0.6 is 0 Å². The van der Waals surface area contributed by atoms with Crippen LogP contribution in [0.3, 0.4) is 0 Å². The summed E-state index contributed by atoms with van der Waals surface area (Å²) in [5, 5.41) is 11.7. The molecule has 1 aliphatic rings. The average Bonchev–Trinajstić information content (AvgIpc) is 3.12. The second-order valence-corrected chi connectivity index (χ2v) is 4.63. The Labute approximate surface area is 105 Å². The third-order valence-corrected chi connectivity index (χ3v) is 3.12. The molecule has 0 aliphatic heterocycles. The van der Waals surface area contributed by atoms with Crippen LogP contribution in [0.1, 0.15) is 23.2 Å². The molecule has 0 aromatic heterocycles. The van der Waals surface area contributed by atoms with Gasteiger partial charge >= 0.3 is 0 Å². The SMILES string of the molecule is CN(CCNC(=O)c1ccc(O)cc1F)C1CC1. The molecule has 1 amide bonds. The molecule has 4 nitrogen and oxygen atoms in total. The molecular weight excluding hydrogens is 235 g/mol. The lowest BCUT2D eigenvalue weighted by atomic mass is 10.2. The van der Waals surface area contributed by atoms with Crippen LogP contribution in [0.5, 0.6) is 5.75 Å². The number of phenolic OH excluding ortho intramolecular Hbond substituents is 1. The molecule has 98 valence electrons. The van der Waals surface area contributed by atoms with Crippen molar-refractivity contribution in [2.75, 3.05) is 20.1 Å². The zero-order valence-electron chi connectivity index (χ0n) is 10.3. The van der Waals surface area contributed by atoms with Gasteiger partial charge in [-0.05, 0) is 32.0 Å². The van der Waals surface area contributed by atoms with E-state index in [-0.39, 0.29) is 11.3 Å². The third kappa shape index (κ3) is 3.20. The van der Waals surface area contributed by atoms with Crippen molar-refractivity contribution in [1.82, 2.24) is 10.2 Å². The molecule has 1 aliphatic carbocycles. The van der Waals surface area contributed by atoms with Gasteiger partial charge in [0.1, 0.15) is 11.6 Å². The Kier molecular flexibility index (Phi) is 3.81. The number of carbonyl (C=O) groups excluding carboxylic acids is 1. The second-order valence-electron chi connectivity index (χ2n) is 4.63. The number of benzene rings is 1. The summed E-state index contributed by atoms with van der Waals surface area (Å²) in [7, 11) is 2.02. The Morgan fingerprint density at radius 3 is 2.89 bits per heavy atom. The minimum Gasteiger partial charge on any atom is -0.508 e. The van der Waals surface area contributed by atoms with Gasteiger partial charge in [-0.1, -0.05) is 0 Å². The topological polar surface area (TPSA) is 52.6 Å². The average molecular weight is 252 g/mol. The molecule has 18 heavy (non-hydrogen) atoms. The van der Waals surface area contributed by atoms with E-state index in [9.17, 15) is 9.18 Å². The fourth-order valence-corrected chi connectivity index (χ4v) is 1.83. The summed E-state index contributed by atoms with van der Waals surface area (Å²) in [4.78, 5) is 13.9. The highest BCUT2D eigenvalue weighted by molar-refractivity contribution is 5.94. The highest BCUT2D eigenvalue weighted by Gasteiger charge is 2.25. The summed E-state index contributed by atoms with van der Waals surface area (Å²) in [5.41, 5.74) is -0.0399. The van der Waals surface area contributed by atoms with Crippen molar-refractivity contribution in [3.8, 4) is 5.75 Å². The molecule has 2 N–H and O–H groups in total. The van der Waals surface area contributed by atoms with Gasteiger partial charge in [0.2, 0.25) is 0 Å². The summed E-state index contributed by atoms with van der Waals surface area (Å²) >= 11 is 0. The fraction of sp³-hybridized carbons (Fsp3) is 0.462. The quantitative estimate of drug-likeness (QED) is 0.832. The summed E-state index contributed by atoms with van der Waals surface area (Å²) in [6.45, 7) is 1.25. The number of nitrogens with zero attached hydrogens (tertiary/aromatic N) is 1. The Balaban J connectivity index is 1.83. The molecule has 1 aromatic carbocycles. The summed E-state index contributed by atoms with van der Waals surface area (Å²) in [6.07, 6.45) is 2.44. The predicted octanol–water partition coefficient (Wildman–Crippen LogP) is 1.36. The number of carbonyl (C=O) groups is 1. The number of aromatic hydroxyl groups is 1. The Morgan fingerprint density at radius 1 is 1.56 bits per heavy atom. The van der Waals surface area contributed by atoms with Crippen molar-refractivity contribution in [1.29, 1.82) is 0 Å². The van der Waals surface area contributed by atoms with Gasteiger partial charge in [0.15, 0.2) is 0 Å². The highest BCUT2D eigenvalue weighted by Crippen LogP contribution is 2.24. The third-order valence-electron chi connectivity index (χ3n) is 3.12. The van der Waals surface area contributed by atoms with Gasteiger partial charge in [-0.2, -0.15) is 0 Å². The first-order valence-electron chi connectivity index (χ1n) is 6.05. The van der Waals surface area contributed by atoms with E-state index in [4.69, 9.17) is 5.11 Å². The van der Waals surface area contributed by atoms with E-state index in [0.29, 0.717) is 12.6 Å². The van der Waals surface area contributed by atoms with Gasteiger partial charge in [-0.15, -0.1) is 0 Å². The first-order valence-corrected chi connectivity index (χ1v) is 6.05. The zero-order chi connectivity index (χ0) is 13.1. The van der Waals surface area contributed by atoms with E-state index in [2.05, 4.69) is 10.2 Å². The van der Waals surface area contributed by atoms with E-state index in [0.717, 1.165) is 12.6 Å². The summed E-state index contributed by atoms with van der Waals surface area (Å²) in [5.74, 6) is -1.34. The fourth-order valence-electron chi connectivity index (χ4n) is 1.83. The summed E-state index contributed by atoms with van der Waals surface area (Å²) in [6, 6.07) is 4.16. The number of phenols is 1. The largest absolute Gasteiger partial charge is 0.508 e. The number of likely N-dealkylation sites (N-methyl/N-ethyl adjacent to an activating group) is 1. The van der Waals surface area contributed by atoms with Crippen molar-refractivity contribution in [2.45, 2.75) is 18.9 Å². The second kappa shape index (κ2) is 5.35. The van der Waals surface area contributed by atoms with E-state index in [1.54, 1.807) is 0 Å². The molecule has 0 spiro atoms. The maximum atomic E-state index is 13.4. The van der Waals surface area contributed by atoms with E-state index in [1.165, 1.54) is 25.0 Å². The van der Waals surface area contributed by atoms with Crippen LogP contribution in [-0.2, 0) is 0 Å². The smallest absolute Gasteiger partial charge is 0.254 e. The molecule has 1 fully saturated rings. The maximum absolute atomic E-state index is 13.4. The molecule has 0 saturated heterocycles. The number of hydrogen-bond donors (Lipinski definition) is 2. The van der Waals surface area contributed by atoms with Crippen LogP contribution in [0.25, 0.3) is 0 Å². The lowest BCUT2D eigenvalue weighted by molar-refractivity contribution is 0.0945. The molecule has 0 unspecified atom stereocenters. The normalized spacial score (nSPS) is 14.8. The lowest BCUT2D eigenvalue weighted by Crippen LogP contribution is -2.34. The zero-order valence-corrected chi connectivity index (χ0v) is 10.3. The number of rotatable bonds is 5. The summed E-state index contributed by atoms with van der Waals surface area (Å²) < 4.78 is 13.4. The van der Waals surface area contributed by atoms with E-state index < -0.39 is 11.7 Å². The van der Waals surface area contributed by atoms with Crippen molar-refractivity contribution < 1.29 is 14.3 Å². The van der Waals surface area contributed by atoms with Gasteiger partial charge in [0.25, 0.3) is 5.91 Å². The number of nitrogens with one attached hydrogen (secondary N) is 1. The van der Waals surface area contributed by atoms with Gasteiger partial charge < -0.3 is 15.3 Å². The van der Waals surface area contributed by atoms with Gasteiger partial charge in [0.05, 0.1) is 5.56 Å². The number of amides is 1. The molecule has 0 heterocycles. The van der Waals surface area contributed by atoms with Crippen molar-refractivity contribution in [3.05, 3.63) is 29.6 Å². The lowest BCUT2D eigenvalue weighted by Gasteiger charge is -2.15. The first kappa shape index (κ1) is 12.8. The number of halogens is 1.